The molecular weight excluding hydrogens is 1300 g/mol. The third-order valence-corrected chi connectivity index (χ3v) is 14.3. The third-order valence-electron chi connectivity index (χ3n) is 12.2. The predicted octanol–water partition coefficient (Wildman–Crippen LogP) is 14.5. The number of carbonyl (C=O) groups is 6. The van der Waals surface area contributed by atoms with Gasteiger partial charge in [-0.1, -0.05) is 115 Å². The maximum atomic E-state index is 13.4. The lowest BCUT2D eigenvalue weighted by molar-refractivity contribution is -0.121. The Labute approximate surface area is 523 Å². The fraction of sp³-hybridized carbons (Fsp3) is 0.400. The van der Waals surface area contributed by atoms with Gasteiger partial charge in [0.05, 0.1) is 18.7 Å². The Morgan fingerprint density at radius 3 is 1.30 bits per heavy atom. The fourth-order valence-corrected chi connectivity index (χ4v) is 9.54. The largest absolute Gasteiger partial charge is 0.444 e. The number of carbonyl (C=O) groups excluding carboxylic acids is 6. The summed E-state index contributed by atoms with van der Waals surface area (Å²) in [5.74, 6) is 0.200. The van der Waals surface area contributed by atoms with Gasteiger partial charge in [0.2, 0.25) is 0 Å². The summed E-state index contributed by atoms with van der Waals surface area (Å²) in [6, 6.07) is 45.0. The molecule has 2 N–H and O–H groups in total. The van der Waals surface area contributed by atoms with Gasteiger partial charge in [0.15, 0.2) is 0 Å². The molecule has 3 aliphatic rings. The summed E-state index contributed by atoms with van der Waals surface area (Å²) in [7, 11) is 0. The van der Waals surface area contributed by atoms with Crippen LogP contribution in [-0.4, -0.2) is 117 Å². The monoisotopic (exact) mass is 1380 g/mol. The lowest BCUT2D eigenvalue weighted by atomic mass is 10.1. The van der Waals surface area contributed by atoms with Crippen molar-refractivity contribution in [1.29, 1.82) is 0 Å². The van der Waals surface area contributed by atoms with E-state index in [2.05, 4.69) is 62.3 Å². The van der Waals surface area contributed by atoms with Crippen LogP contribution in [0.15, 0.2) is 156 Å². The molecule has 4 amide bonds. The molecule has 0 unspecified atom stereocenters. The minimum absolute atomic E-state index is 0.0270. The zero-order valence-corrected chi connectivity index (χ0v) is 54.4. The second kappa shape index (κ2) is 34.6. The maximum Gasteiger partial charge on any atom is 0.410 e. The Morgan fingerprint density at radius 1 is 0.530 bits per heavy atom. The Kier molecular flexibility index (Phi) is 28.9. The van der Waals surface area contributed by atoms with Crippen LogP contribution in [0, 0.1) is 7.14 Å². The molecule has 18 heteroatoms. The van der Waals surface area contributed by atoms with Crippen LogP contribution in [0.5, 0.6) is 0 Å². The van der Waals surface area contributed by atoms with Gasteiger partial charge in [0.25, 0.3) is 11.1 Å². The van der Waals surface area contributed by atoms with Crippen LogP contribution in [0.4, 0.5) is 14.4 Å². The van der Waals surface area contributed by atoms with Crippen LogP contribution < -0.4 is 5.73 Å². The number of nitrogens with two attached hydrogens (primary N) is 1. The lowest BCUT2D eigenvalue weighted by Crippen LogP contribution is -2.41. The van der Waals surface area contributed by atoms with Crippen molar-refractivity contribution in [2.45, 2.75) is 131 Å². The van der Waals surface area contributed by atoms with Crippen molar-refractivity contribution in [3.8, 4) is 0 Å². The van der Waals surface area contributed by atoms with Crippen molar-refractivity contribution in [2.24, 2.45) is 10.7 Å². The Balaban J connectivity index is 0.000000242. The van der Waals surface area contributed by atoms with E-state index in [1.807, 2.05) is 189 Å². The Morgan fingerprint density at radius 2 is 0.916 bits per heavy atom. The number of aliphatic imine (C=N–C) groups is 1. The summed E-state index contributed by atoms with van der Waals surface area (Å²) in [4.78, 5) is 82.4. The summed E-state index contributed by atoms with van der Waals surface area (Å²) >= 11 is 9.53. The first kappa shape index (κ1) is 69.3. The van der Waals surface area contributed by atoms with Crippen molar-refractivity contribution in [2.75, 3.05) is 39.3 Å². The number of benzene rings is 5. The number of ether oxygens (including phenoxy) is 3. The summed E-state index contributed by atoms with van der Waals surface area (Å²) in [6.07, 6.45) is 4.30. The van der Waals surface area contributed by atoms with Crippen molar-refractivity contribution in [1.82, 2.24) is 19.6 Å². The quantitative estimate of drug-likeness (QED) is 0.0892. The molecule has 2 saturated heterocycles. The van der Waals surface area contributed by atoms with Crippen LogP contribution in [0.1, 0.15) is 132 Å². The molecule has 5 aromatic rings. The van der Waals surface area contributed by atoms with E-state index >= 15 is 0 Å². The molecule has 0 atom stereocenters. The maximum absolute atomic E-state index is 13.4. The highest BCUT2D eigenvalue weighted by Crippen LogP contribution is 2.25. The van der Waals surface area contributed by atoms with Gasteiger partial charge in [0, 0.05) is 102 Å². The summed E-state index contributed by atoms with van der Waals surface area (Å²) in [5.41, 5.74) is 10.8. The molecule has 0 bridgehead atoms. The van der Waals surface area contributed by atoms with Gasteiger partial charge in [0.1, 0.15) is 22.6 Å². The fourth-order valence-electron chi connectivity index (χ4n) is 7.96. The molecule has 0 aromatic heterocycles. The van der Waals surface area contributed by atoms with Crippen molar-refractivity contribution in [3.05, 3.63) is 186 Å². The van der Waals surface area contributed by atoms with E-state index in [0.29, 0.717) is 82.7 Å². The standard InChI is InChI=1S/C24H27IN2O3.C17H24N2O2.C10H17NO3.C7H4ClIO.C7H9N/c1-24(2,3)30-23(29)26-15-13-19(14-16-26)27(17-18-9-5-4-6-10-18)22(28)20-11-7-8-12-21(20)25;1-17(2,3)21-16(20)19-11-9-15(10-12-19)18-13-14-7-5-4-6-8-14;1-10(2,3)14-9(13)11-6-4-8(12)5-7-11;8-7(10)5-3-1-2-4-6(5)9;8-6-7-4-2-1-3-5-7/h4-13H,14-17H2,1-3H3;4-8H,9-13H2,1-3H3;4-7H2,1-3H3;1-4H;1-5H,6,8H2. The summed E-state index contributed by atoms with van der Waals surface area (Å²) in [6.45, 7) is 21.9. The average Bonchev–Trinajstić information content (AvgIpc) is 3.46. The van der Waals surface area contributed by atoms with E-state index in [1.165, 1.54) is 16.8 Å². The minimum Gasteiger partial charge on any atom is -0.444 e. The smallest absolute Gasteiger partial charge is 0.410 e. The van der Waals surface area contributed by atoms with Gasteiger partial charge < -0.3 is 39.5 Å². The highest BCUT2D eigenvalue weighted by Gasteiger charge is 2.29. The van der Waals surface area contributed by atoms with Crippen molar-refractivity contribution >= 4 is 97.7 Å². The zero-order valence-electron chi connectivity index (χ0n) is 49.4. The zero-order chi connectivity index (χ0) is 61.2. The first-order valence-electron chi connectivity index (χ1n) is 27.7. The number of halogens is 3. The number of rotatable bonds is 8. The van der Waals surface area contributed by atoms with Gasteiger partial charge in [-0.05, 0) is 166 Å². The third kappa shape index (κ3) is 27.0. The lowest BCUT2D eigenvalue weighted by Gasteiger charge is -2.33. The first-order valence-corrected chi connectivity index (χ1v) is 30.2. The Bertz CT molecular complexity index is 2920. The number of hydrogen-bond acceptors (Lipinski definition) is 11. The number of amides is 4. The van der Waals surface area contributed by atoms with Crippen LogP contribution in [-0.2, 0) is 38.6 Å². The normalized spacial score (nSPS) is 14.2. The van der Waals surface area contributed by atoms with E-state index in [9.17, 15) is 28.8 Å². The first-order chi connectivity index (χ1) is 39.2. The van der Waals surface area contributed by atoms with Crippen LogP contribution >= 0.6 is 56.8 Å². The topological polar surface area (TPSA) is 181 Å². The molecule has 83 heavy (non-hydrogen) atoms. The van der Waals surface area contributed by atoms with Crippen LogP contribution in [0.25, 0.3) is 0 Å². The van der Waals surface area contributed by atoms with Gasteiger partial charge in [-0.3, -0.25) is 19.4 Å². The Hall–Kier alpha value is -6.16. The van der Waals surface area contributed by atoms with Gasteiger partial charge >= 0.3 is 18.3 Å². The molecule has 3 aliphatic heterocycles. The summed E-state index contributed by atoms with van der Waals surface area (Å²) in [5, 5.41) is -0.398. The molecule has 0 spiro atoms. The molecule has 3 heterocycles. The SMILES string of the molecule is CC(C)(C)OC(=O)N1CC=C(N(Cc2ccccc2)C(=O)c2ccccc2I)CC1.CC(C)(C)OC(=O)N1CCC(=NCc2ccccc2)CC1.CC(C)(C)OC(=O)N1CCC(=O)CC1.NCc1ccccc1.O=C(Cl)c1ccccc1I. The van der Waals surface area contributed by atoms with Crippen LogP contribution in [0.3, 0.4) is 0 Å². The molecule has 15 nitrogen and oxygen atoms in total. The average molecular weight is 1380 g/mol. The molecule has 0 radical (unpaired) electrons. The number of likely N-dealkylation sites (tertiary alicyclic amines) is 2. The minimum atomic E-state index is -0.527. The molecule has 2 fully saturated rings. The number of ketones is 1. The van der Waals surface area contributed by atoms with Crippen molar-refractivity contribution < 1.29 is 43.0 Å². The number of nitrogens with zero attached hydrogens (tertiary/aromatic N) is 5. The molecule has 446 valence electrons. The molecule has 0 aliphatic carbocycles. The van der Waals surface area contributed by atoms with Crippen molar-refractivity contribution in [3.63, 3.8) is 0 Å². The van der Waals surface area contributed by atoms with Gasteiger partial charge in [-0.25, -0.2) is 14.4 Å². The molecule has 8 rings (SSSR count). The number of piperidine rings is 2. The van der Waals surface area contributed by atoms with Crippen LogP contribution in [0.2, 0.25) is 0 Å². The summed E-state index contributed by atoms with van der Waals surface area (Å²) < 4.78 is 17.9. The second-order valence-corrected chi connectivity index (χ2v) is 25.2. The predicted molar refractivity (Wildman–Crippen MR) is 346 cm³/mol. The number of hydrogen-bond donors (Lipinski definition) is 1. The number of Topliss-reactive ketones (excluding diaryl/α,β-unsaturated/α-hetero) is 1. The van der Waals surface area contributed by atoms with E-state index < -0.39 is 22.0 Å². The van der Waals surface area contributed by atoms with E-state index in [1.54, 1.807) is 26.8 Å². The molecular formula is C65H81ClI2N6O9. The van der Waals surface area contributed by atoms with E-state index in [-0.39, 0.29) is 30.0 Å². The molecule has 0 saturated carbocycles. The highest BCUT2D eigenvalue weighted by atomic mass is 127. The molecule has 5 aromatic carbocycles. The van der Waals surface area contributed by atoms with E-state index in [0.717, 1.165) is 37.8 Å². The van der Waals surface area contributed by atoms with E-state index in [4.69, 9.17) is 31.5 Å². The van der Waals surface area contributed by atoms with Gasteiger partial charge in [-0.2, -0.15) is 0 Å². The second-order valence-electron chi connectivity index (χ2n) is 22.5. The highest BCUT2D eigenvalue weighted by molar-refractivity contribution is 14.1. The van der Waals surface area contributed by atoms with Gasteiger partial charge in [-0.15, -0.1) is 0 Å².